The van der Waals surface area contributed by atoms with E-state index in [1.165, 1.54) is 0 Å². The Morgan fingerprint density at radius 3 is 2.86 bits per heavy atom. The summed E-state index contributed by atoms with van der Waals surface area (Å²) in [4.78, 5) is 12.3. The van der Waals surface area contributed by atoms with E-state index in [0.717, 1.165) is 15.4 Å². The standard InChI is InChI=1S/C15H17BrN2O3S/c1-15(5-7-22(20,21)10-15)17-14(19)9-18-6-4-11-8-12(16)2-3-13(11)18/h2-4,6,8H,5,7,9-10H2,1H3,(H,17,19)/t15-/m1/s1. The summed E-state index contributed by atoms with van der Waals surface area (Å²) in [6, 6.07) is 7.83. The first-order valence-corrected chi connectivity index (χ1v) is 9.64. The lowest BCUT2D eigenvalue weighted by atomic mass is 10.0. The van der Waals surface area contributed by atoms with Crippen LogP contribution in [0.1, 0.15) is 13.3 Å². The highest BCUT2D eigenvalue weighted by atomic mass is 79.9. The van der Waals surface area contributed by atoms with Crippen molar-refractivity contribution in [3.8, 4) is 0 Å². The lowest BCUT2D eigenvalue weighted by molar-refractivity contribution is -0.123. The van der Waals surface area contributed by atoms with Crippen molar-refractivity contribution in [3.05, 3.63) is 34.9 Å². The van der Waals surface area contributed by atoms with E-state index in [1.807, 2.05) is 35.0 Å². The molecule has 22 heavy (non-hydrogen) atoms. The fourth-order valence-corrected chi connectivity index (χ4v) is 5.42. The fraction of sp³-hybridized carbons (Fsp3) is 0.400. The maximum atomic E-state index is 12.3. The first-order valence-electron chi connectivity index (χ1n) is 7.02. The van der Waals surface area contributed by atoms with Crippen molar-refractivity contribution in [1.29, 1.82) is 0 Å². The minimum absolute atomic E-state index is 0.0190. The number of benzene rings is 1. The molecule has 1 saturated heterocycles. The molecule has 1 N–H and O–H groups in total. The van der Waals surface area contributed by atoms with Gasteiger partial charge in [0.25, 0.3) is 0 Å². The molecule has 2 aromatic rings. The van der Waals surface area contributed by atoms with Crippen LogP contribution in [0.2, 0.25) is 0 Å². The maximum Gasteiger partial charge on any atom is 0.240 e. The second kappa shape index (κ2) is 5.38. The van der Waals surface area contributed by atoms with Gasteiger partial charge in [-0.05, 0) is 37.6 Å². The highest BCUT2D eigenvalue weighted by Gasteiger charge is 2.39. The second-order valence-electron chi connectivity index (χ2n) is 6.10. The summed E-state index contributed by atoms with van der Waals surface area (Å²) in [5, 5.41) is 3.93. The molecule has 118 valence electrons. The molecule has 0 saturated carbocycles. The van der Waals surface area contributed by atoms with Crippen molar-refractivity contribution in [3.63, 3.8) is 0 Å². The number of halogens is 1. The Hall–Kier alpha value is -1.34. The third-order valence-corrected chi connectivity index (χ3v) is 6.39. The Balaban J connectivity index is 1.74. The number of hydrogen-bond donors (Lipinski definition) is 1. The molecule has 3 rings (SSSR count). The molecule has 1 amide bonds. The molecule has 1 fully saturated rings. The molecule has 0 unspecified atom stereocenters. The van der Waals surface area contributed by atoms with Gasteiger partial charge >= 0.3 is 0 Å². The topological polar surface area (TPSA) is 68.2 Å². The molecule has 1 aromatic heterocycles. The van der Waals surface area contributed by atoms with Gasteiger partial charge in [0.1, 0.15) is 6.54 Å². The summed E-state index contributed by atoms with van der Waals surface area (Å²) in [6.45, 7) is 1.97. The van der Waals surface area contributed by atoms with Crippen molar-refractivity contribution in [2.45, 2.75) is 25.4 Å². The minimum atomic E-state index is -3.03. The van der Waals surface area contributed by atoms with E-state index < -0.39 is 15.4 Å². The number of nitrogens with one attached hydrogen (secondary N) is 1. The highest BCUT2D eigenvalue weighted by Crippen LogP contribution is 2.23. The third kappa shape index (κ3) is 3.20. The quantitative estimate of drug-likeness (QED) is 0.880. The van der Waals surface area contributed by atoms with E-state index >= 15 is 0 Å². The zero-order valence-corrected chi connectivity index (χ0v) is 14.6. The molecule has 0 aliphatic carbocycles. The van der Waals surface area contributed by atoms with Gasteiger partial charge in [0, 0.05) is 21.6 Å². The van der Waals surface area contributed by atoms with Crippen LogP contribution >= 0.6 is 15.9 Å². The minimum Gasteiger partial charge on any atom is -0.348 e. The Morgan fingerprint density at radius 2 is 2.18 bits per heavy atom. The van der Waals surface area contributed by atoms with Crippen LogP contribution in [0.15, 0.2) is 34.9 Å². The molecule has 5 nitrogen and oxygen atoms in total. The zero-order valence-electron chi connectivity index (χ0n) is 12.2. The van der Waals surface area contributed by atoms with Crippen LogP contribution in [0.5, 0.6) is 0 Å². The van der Waals surface area contributed by atoms with Gasteiger partial charge in [0.05, 0.1) is 17.0 Å². The Labute approximate surface area is 137 Å². The van der Waals surface area contributed by atoms with Crippen LogP contribution in [0.25, 0.3) is 10.9 Å². The molecule has 1 aromatic carbocycles. The van der Waals surface area contributed by atoms with Crippen molar-refractivity contribution in [2.75, 3.05) is 11.5 Å². The van der Waals surface area contributed by atoms with Crippen LogP contribution < -0.4 is 5.32 Å². The van der Waals surface area contributed by atoms with E-state index in [-0.39, 0.29) is 24.0 Å². The molecule has 0 spiro atoms. The van der Waals surface area contributed by atoms with Gasteiger partial charge in [-0.1, -0.05) is 15.9 Å². The van der Waals surface area contributed by atoms with Gasteiger partial charge in [-0.2, -0.15) is 0 Å². The zero-order chi connectivity index (χ0) is 16.0. The lowest BCUT2D eigenvalue weighted by Crippen LogP contribution is -2.48. The van der Waals surface area contributed by atoms with E-state index in [9.17, 15) is 13.2 Å². The fourth-order valence-electron chi connectivity index (χ4n) is 2.95. The van der Waals surface area contributed by atoms with E-state index in [1.54, 1.807) is 6.92 Å². The average molecular weight is 385 g/mol. The molecule has 1 atom stereocenters. The Bertz CT molecular complexity index is 844. The number of rotatable bonds is 3. The number of fused-ring (bicyclic) bond motifs is 1. The van der Waals surface area contributed by atoms with E-state index in [0.29, 0.717) is 6.42 Å². The van der Waals surface area contributed by atoms with Crippen molar-refractivity contribution >= 4 is 42.6 Å². The predicted molar refractivity (Wildman–Crippen MR) is 89.5 cm³/mol. The number of nitrogens with zero attached hydrogens (tertiary/aromatic N) is 1. The van der Waals surface area contributed by atoms with Gasteiger partial charge in [0.15, 0.2) is 9.84 Å². The number of amides is 1. The van der Waals surface area contributed by atoms with Gasteiger partial charge < -0.3 is 9.88 Å². The van der Waals surface area contributed by atoms with E-state index in [4.69, 9.17) is 0 Å². The molecule has 0 radical (unpaired) electrons. The number of sulfone groups is 1. The summed E-state index contributed by atoms with van der Waals surface area (Å²) in [5.41, 5.74) is 0.324. The first kappa shape index (κ1) is 15.6. The summed E-state index contributed by atoms with van der Waals surface area (Å²) in [7, 11) is -3.03. The van der Waals surface area contributed by atoms with Crippen LogP contribution in [0.3, 0.4) is 0 Å². The first-order chi connectivity index (χ1) is 10.3. The summed E-state index contributed by atoms with van der Waals surface area (Å²) in [6.07, 6.45) is 2.34. The monoisotopic (exact) mass is 384 g/mol. The number of aromatic nitrogens is 1. The van der Waals surface area contributed by atoms with Crippen LogP contribution in [-0.2, 0) is 21.2 Å². The maximum absolute atomic E-state index is 12.3. The van der Waals surface area contributed by atoms with Gasteiger partial charge in [-0.15, -0.1) is 0 Å². The van der Waals surface area contributed by atoms with Crippen molar-refractivity contribution < 1.29 is 13.2 Å². The van der Waals surface area contributed by atoms with Gasteiger partial charge in [-0.25, -0.2) is 8.42 Å². The average Bonchev–Trinajstić information content (AvgIpc) is 2.90. The Morgan fingerprint density at radius 1 is 1.41 bits per heavy atom. The number of hydrogen-bond acceptors (Lipinski definition) is 3. The number of carbonyl (C=O) groups excluding carboxylic acids is 1. The highest BCUT2D eigenvalue weighted by molar-refractivity contribution is 9.10. The smallest absolute Gasteiger partial charge is 0.240 e. The van der Waals surface area contributed by atoms with Gasteiger partial charge in [0.2, 0.25) is 5.91 Å². The third-order valence-electron chi connectivity index (χ3n) is 3.99. The largest absolute Gasteiger partial charge is 0.348 e. The molecule has 1 aliphatic rings. The molecular formula is C15H17BrN2O3S. The molecule has 0 bridgehead atoms. The summed E-state index contributed by atoms with van der Waals surface area (Å²) >= 11 is 3.42. The normalized spacial score (nSPS) is 23.7. The van der Waals surface area contributed by atoms with E-state index in [2.05, 4.69) is 21.2 Å². The molecular weight excluding hydrogens is 368 g/mol. The Kier molecular flexibility index (Phi) is 3.81. The summed E-state index contributed by atoms with van der Waals surface area (Å²) in [5.74, 6) is -0.00458. The molecule has 1 aliphatic heterocycles. The predicted octanol–water partition coefficient (Wildman–Crippen LogP) is 2.10. The SMILES string of the molecule is C[C@@]1(NC(=O)Cn2ccc3cc(Br)ccc32)CCS(=O)(=O)C1. The second-order valence-corrected chi connectivity index (χ2v) is 9.20. The van der Waals surface area contributed by atoms with Crippen LogP contribution in [-0.4, -0.2) is 35.9 Å². The van der Waals surface area contributed by atoms with Crippen molar-refractivity contribution in [2.24, 2.45) is 0 Å². The molecule has 2 heterocycles. The summed E-state index contributed by atoms with van der Waals surface area (Å²) < 4.78 is 26.0. The van der Waals surface area contributed by atoms with Crippen molar-refractivity contribution in [1.82, 2.24) is 9.88 Å². The van der Waals surface area contributed by atoms with Crippen LogP contribution in [0, 0.1) is 0 Å². The lowest BCUT2D eigenvalue weighted by Gasteiger charge is -2.24. The van der Waals surface area contributed by atoms with Gasteiger partial charge in [-0.3, -0.25) is 4.79 Å². The molecule has 7 heteroatoms. The number of carbonyl (C=O) groups is 1. The van der Waals surface area contributed by atoms with Crippen LogP contribution in [0.4, 0.5) is 0 Å².